The lowest BCUT2D eigenvalue weighted by Gasteiger charge is -2.32. The second-order valence-electron chi connectivity index (χ2n) is 6.89. The largest absolute Gasteiger partial charge is 0.493 e. The summed E-state index contributed by atoms with van der Waals surface area (Å²) in [5, 5.41) is -0.447. The van der Waals surface area contributed by atoms with Gasteiger partial charge < -0.3 is 19.1 Å². The summed E-state index contributed by atoms with van der Waals surface area (Å²) in [6, 6.07) is 14.2. The molecule has 0 spiro atoms. The highest BCUT2D eigenvalue weighted by Gasteiger charge is 2.27. The van der Waals surface area contributed by atoms with Crippen LogP contribution in [0.3, 0.4) is 0 Å². The molecule has 1 saturated heterocycles. The summed E-state index contributed by atoms with van der Waals surface area (Å²) in [6.07, 6.45) is 1.63. The number of amides is 1. The van der Waals surface area contributed by atoms with Crippen LogP contribution in [0.2, 0.25) is 0 Å². The minimum absolute atomic E-state index is 0.0831. The number of nitrogens with zero attached hydrogens (tertiary/aromatic N) is 1. The third-order valence-corrected chi connectivity index (χ3v) is 5.42. The lowest BCUT2D eigenvalue weighted by Crippen LogP contribution is -2.39. The highest BCUT2D eigenvalue weighted by molar-refractivity contribution is 6.62. The van der Waals surface area contributed by atoms with Crippen molar-refractivity contribution in [2.45, 2.75) is 25.0 Å². The summed E-state index contributed by atoms with van der Waals surface area (Å²) < 4.78 is 17.6. The molecule has 0 saturated carbocycles. The summed E-state index contributed by atoms with van der Waals surface area (Å²) >= 11 is 5.63. The Kier molecular flexibility index (Phi) is 5.23. The van der Waals surface area contributed by atoms with E-state index in [0.29, 0.717) is 31.2 Å². The molecule has 2 aromatic rings. The van der Waals surface area contributed by atoms with Gasteiger partial charge in [-0.1, -0.05) is 30.3 Å². The molecule has 1 heterocycles. The van der Waals surface area contributed by atoms with Crippen LogP contribution in [0.15, 0.2) is 42.5 Å². The first kappa shape index (κ1) is 18.1. The van der Waals surface area contributed by atoms with Gasteiger partial charge in [0.2, 0.25) is 0 Å². The first-order valence-electron chi connectivity index (χ1n) is 9.11. The van der Waals surface area contributed by atoms with E-state index in [9.17, 15) is 4.79 Å². The molecule has 0 N–H and O–H groups in total. The van der Waals surface area contributed by atoms with Gasteiger partial charge in [-0.2, -0.15) is 0 Å². The van der Waals surface area contributed by atoms with Crippen molar-refractivity contribution < 1.29 is 19.0 Å². The molecule has 1 atom stereocenters. The summed E-state index contributed by atoms with van der Waals surface area (Å²) in [5.41, 5.74) is 3.62. The van der Waals surface area contributed by atoms with Crippen molar-refractivity contribution in [1.29, 1.82) is 0 Å². The first-order chi connectivity index (χ1) is 13.1. The van der Waals surface area contributed by atoms with Crippen LogP contribution in [0.5, 0.6) is 11.5 Å². The minimum Gasteiger partial charge on any atom is -0.493 e. The second kappa shape index (κ2) is 7.79. The summed E-state index contributed by atoms with van der Waals surface area (Å²) in [4.78, 5) is 13.1. The minimum atomic E-state index is -0.447. The zero-order valence-corrected chi connectivity index (χ0v) is 15.9. The molecule has 6 heteroatoms. The first-order valence-corrected chi connectivity index (χ1v) is 9.49. The molecule has 2 aromatic carbocycles. The number of carbonyl (C=O) groups is 1. The fourth-order valence-electron chi connectivity index (χ4n) is 3.78. The maximum atomic E-state index is 11.5. The molecule has 5 nitrogen and oxygen atoms in total. The van der Waals surface area contributed by atoms with E-state index in [4.69, 9.17) is 25.8 Å². The average Bonchev–Trinajstić information content (AvgIpc) is 3.10. The van der Waals surface area contributed by atoms with Crippen molar-refractivity contribution in [2.24, 2.45) is 0 Å². The van der Waals surface area contributed by atoms with E-state index >= 15 is 0 Å². The van der Waals surface area contributed by atoms with Gasteiger partial charge in [0.15, 0.2) is 11.5 Å². The molecule has 1 aliphatic carbocycles. The number of ether oxygens (including phenoxy) is 3. The third-order valence-electron chi connectivity index (χ3n) is 5.18. The Hall–Kier alpha value is -2.24. The van der Waals surface area contributed by atoms with Gasteiger partial charge in [0, 0.05) is 19.4 Å². The summed E-state index contributed by atoms with van der Waals surface area (Å²) in [5.74, 6) is 1.39. The molecule has 27 heavy (non-hydrogen) atoms. The van der Waals surface area contributed by atoms with Crippen LogP contribution in [0.1, 0.15) is 22.8 Å². The molecule has 4 rings (SSSR count). The number of carbonyl (C=O) groups excluding carboxylic acids is 1. The monoisotopic (exact) mass is 387 g/mol. The number of halogens is 1. The van der Waals surface area contributed by atoms with Gasteiger partial charge in [0.25, 0.3) is 0 Å². The third kappa shape index (κ3) is 3.89. The van der Waals surface area contributed by atoms with Gasteiger partial charge in [-0.3, -0.25) is 4.79 Å². The van der Waals surface area contributed by atoms with E-state index in [0.717, 1.165) is 18.4 Å². The molecule has 0 bridgehead atoms. The lowest BCUT2D eigenvalue weighted by atomic mass is 10.1. The van der Waals surface area contributed by atoms with Gasteiger partial charge in [-0.05, 0) is 40.4 Å². The molecule has 1 amide bonds. The SMILES string of the molecule is COc1ccc(C2CN(C(=O)Cl)CCO2)cc1OC1Cc2ccccc2C1. The lowest BCUT2D eigenvalue weighted by molar-refractivity contribution is -0.0121. The Morgan fingerprint density at radius 1 is 1.15 bits per heavy atom. The molecule has 1 aliphatic heterocycles. The topological polar surface area (TPSA) is 48.0 Å². The normalized spacial score (nSPS) is 19.6. The average molecular weight is 388 g/mol. The molecule has 2 aliphatic rings. The Morgan fingerprint density at radius 3 is 2.56 bits per heavy atom. The van der Waals surface area contributed by atoms with Crippen molar-refractivity contribution in [2.75, 3.05) is 26.8 Å². The van der Waals surface area contributed by atoms with Gasteiger partial charge in [0.05, 0.1) is 20.3 Å². The van der Waals surface area contributed by atoms with Gasteiger partial charge in [-0.25, -0.2) is 0 Å². The number of fused-ring (bicyclic) bond motifs is 1. The maximum absolute atomic E-state index is 11.5. The molecule has 1 fully saturated rings. The molecule has 1 unspecified atom stereocenters. The number of benzene rings is 2. The van der Waals surface area contributed by atoms with Crippen molar-refractivity contribution in [3.63, 3.8) is 0 Å². The summed E-state index contributed by atoms with van der Waals surface area (Å²) in [7, 11) is 1.64. The number of hydrogen-bond donors (Lipinski definition) is 0. The van der Waals surface area contributed by atoms with Crippen LogP contribution in [-0.2, 0) is 17.6 Å². The van der Waals surface area contributed by atoms with E-state index in [2.05, 4.69) is 24.3 Å². The van der Waals surface area contributed by atoms with Gasteiger partial charge >= 0.3 is 5.37 Å². The zero-order valence-electron chi connectivity index (χ0n) is 15.2. The van der Waals surface area contributed by atoms with Gasteiger partial charge in [0.1, 0.15) is 12.2 Å². The van der Waals surface area contributed by atoms with Crippen molar-refractivity contribution in [3.8, 4) is 11.5 Å². The van der Waals surface area contributed by atoms with Crippen LogP contribution in [0.25, 0.3) is 0 Å². The van der Waals surface area contributed by atoms with E-state index in [1.54, 1.807) is 12.0 Å². The highest BCUT2D eigenvalue weighted by atomic mass is 35.5. The molecular formula is C21H22ClNO4. The number of hydrogen-bond acceptors (Lipinski definition) is 4. The smallest absolute Gasteiger partial charge is 0.316 e. The van der Waals surface area contributed by atoms with Crippen molar-refractivity contribution >= 4 is 17.0 Å². The maximum Gasteiger partial charge on any atom is 0.316 e. The second-order valence-corrected chi connectivity index (χ2v) is 7.21. The van der Waals surface area contributed by atoms with E-state index in [1.807, 2.05) is 18.2 Å². The van der Waals surface area contributed by atoms with Crippen LogP contribution in [0.4, 0.5) is 4.79 Å². The molecule has 0 radical (unpaired) electrons. The van der Waals surface area contributed by atoms with Crippen molar-refractivity contribution in [3.05, 3.63) is 59.2 Å². The van der Waals surface area contributed by atoms with Crippen LogP contribution in [0, 0.1) is 0 Å². The predicted molar refractivity (Wildman–Crippen MR) is 103 cm³/mol. The van der Waals surface area contributed by atoms with Crippen molar-refractivity contribution in [1.82, 2.24) is 4.90 Å². The van der Waals surface area contributed by atoms with E-state index in [-0.39, 0.29) is 12.2 Å². The molecular weight excluding hydrogens is 366 g/mol. The number of rotatable bonds is 4. The Balaban J connectivity index is 1.52. The zero-order chi connectivity index (χ0) is 18.8. The van der Waals surface area contributed by atoms with Crippen LogP contribution < -0.4 is 9.47 Å². The quantitative estimate of drug-likeness (QED) is 0.588. The van der Waals surface area contributed by atoms with Crippen LogP contribution >= 0.6 is 11.6 Å². The fourth-order valence-corrected chi connectivity index (χ4v) is 3.93. The standard InChI is InChI=1S/C21H22ClNO4/c1-25-18-7-6-16(20-13-23(21(22)24)8-9-26-20)12-19(18)27-17-10-14-4-2-3-5-15(14)11-17/h2-7,12,17,20H,8-11,13H2,1H3. The van der Waals surface area contributed by atoms with E-state index in [1.165, 1.54) is 11.1 Å². The Bertz CT molecular complexity index is 816. The highest BCUT2D eigenvalue weighted by Crippen LogP contribution is 2.35. The molecule has 142 valence electrons. The fraction of sp³-hybridized carbons (Fsp3) is 0.381. The predicted octanol–water partition coefficient (Wildman–Crippen LogP) is 3.97. The molecule has 0 aromatic heterocycles. The number of methoxy groups -OCH3 is 1. The van der Waals surface area contributed by atoms with Crippen LogP contribution in [-0.4, -0.2) is 43.2 Å². The Morgan fingerprint density at radius 2 is 1.89 bits per heavy atom. The Labute approximate surface area is 163 Å². The number of morpholine rings is 1. The van der Waals surface area contributed by atoms with E-state index < -0.39 is 5.37 Å². The van der Waals surface area contributed by atoms with Gasteiger partial charge in [-0.15, -0.1) is 0 Å². The summed E-state index contributed by atoms with van der Waals surface area (Å²) in [6.45, 7) is 1.41.